The number of carbonyl (C=O) groups is 1. The summed E-state index contributed by atoms with van der Waals surface area (Å²) in [6.07, 6.45) is -3.56. The normalized spacial score (nSPS) is 17.2. The average molecular weight is 439 g/mol. The molecule has 1 amide bonds. The number of hydrogen-bond donors (Lipinski definition) is 1. The van der Waals surface area contributed by atoms with Gasteiger partial charge in [0.15, 0.2) is 10.9 Å². The maximum Gasteiger partial charge on any atom is 0.573 e. The van der Waals surface area contributed by atoms with Gasteiger partial charge in [-0.15, -0.1) is 13.2 Å². The molecule has 0 spiro atoms. The highest BCUT2D eigenvalue weighted by Crippen LogP contribution is 2.34. The van der Waals surface area contributed by atoms with Gasteiger partial charge in [-0.25, -0.2) is 9.37 Å². The molecule has 1 unspecified atom stereocenters. The van der Waals surface area contributed by atoms with Crippen molar-refractivity contribution in [3.63, 3.8) is 0 Å². The number of fused-ring (bicyclic) bond motifs is 1. The Balaban J connectivity index is 1.48. The lowest BCUT2D eigenvalue weighted by molar-refractivity contribution is -0.274. The van der Waals surface area contributed by atoms with Gasteiger partial charge in [0.25, 0.3) is 0 Å². The van der Waals surface area contributed by atoms with Crippen molar-refractivity contribution >= 4 is 38.3 Å². The highest BCUT2D eigenvalue weighted by atomic mass is 32.1. The van der Waals surface area contributed by atoms with Gasteiger partial charge < -0.3 is 15.0 Å². The number of alkyl halides is 3. The fraction of sp³-hybridized carbons (Fsp3) is 0.300. The molecule has 30 heavy (non-hydrogen) atoms. The summed E-state index contributed by atoms with van der Waals surface area (Å²) in [5.41, 5.74) is 0.251. The van der Waals surface area contributed by atoms with Gasteiger partial charge in [-0.1, -0.05) is 29.5 Å². The van der Waals surface area contributed by atoms with E-state index in [4.69, 9.17) is 0 Å². The molecule has 3 aromatic rings. The van der Waals surface area contributed by atoms with Crippen LogP contribution in [0.2, 0.25) is 0 Å². The lowest BCUT2D eigenvalue weighted by Gasteiger charge is -2.31. The van der Waals surface area contributed by atoms with Gasteiger partial charge in [-0.05, 0) is 37.1 Å². The molecule has 0 aliphatic carbocycles. The van der Waals surface area contributed by atoms with Crippen molar-refractivity contribution in [1.29, 1.82) is 0 Å². The lowest BCUT2D eigenvalue weighted by Crippen LogP contribution is -2.40. The number of halogens is 4. The lowest BCUT2D eigenvalue weighted by atomic mass is 9.97. The van der Waals surface area contributed by atoms with Crippen molar-refractivity contribution in [1.82, 2.24) is 4.98 Å². The number of nitrogens with one attached hydrogen (secondary N) is 1. The van der Waals surface area contributed by atoms with Crippen LogP contribution in [0.3, 0.4) is 0 Å². The molecule has 1 aliphatic rings. The fourth-order valence-electron chi connectivity index (χ4n) is 3.42. The molecule has 2 heterocycles. The van der Waals surface area contributed by atoms with Crippen LogP contribution < -0.4 is 15.0 Å². The molecule has 1 aromatic heterocycles. The van der Waals surface area contributed by atoms with E-state index in [1.54, 1.807) is 12.1 Å². The molecular weight excluding hydrogens is 422 g/mol. The molecule has 158 valence electrons. The van der Waals surface area contributed by atoms with Gasteiger partial charge in [0.2, 0.25) is 5.91 Å². The first-order valence-electron chi connectivity index (χ1n) is 9.26. The molecule has 1 N–H and O–H groups in total. The molecule has 0 bridgehead atoms. The van der Waals surface area contributed by atoms with Crippen molar-refractivity contribution in [2.75, 3.05) is 23.3 Å². The van der Waals surface area contributed by atoms with Crippen LogP contribution in [0.25, 0.3) is 10.2 Å². The van der Waals surface area contributed by atoms with Gasteiger partial charge in [0.1, 0.15) is 11.3 Å². The van der Waals surface area contributed by atoms with Gasteiger partial charge in [-0.3, -0.25) is 4.79 Å². The van der Waals surface area contributed by atoms with Gasteiger partial charge in [0, 0.05) is 13.1 Å². The van der Waals surface area contributed by atoms with Crippen molar-refractivity contribution in [2.45, 2.75) is 19.2 Å². The third-order valence-corrected chi connectivity index (χ3v) is 5.87. The minimum atomic E-state index is -4.86. The van der Waals surface area contributed by atoms with E-state index in [1.165, 1.54) is 35.6 Å². The summed E-state index contributed by atoms with van der Waals surface area (Å²) in [7, 11) is 0. The average Bonchev–Trinajstić information content (AvgIpc) is 3.14. The summed E-state index contributed by atoms with van der Waals surface area (Å²) in [6, 6.07) is 10.2. The van der Waals surface area contributed by atoms with Crippen LogP contribution in [0, 0.1) is 11.7 Å². The van der Waals surface area contributed by atoms with E-state index in [1.807, 2.05) is 4.90 Å². The molecule has 1 fully saturated rings. The second-order valence-corrected chi connectivity index (χ2v) is 7.91. The fourth-order valence-corrected chi connectivity index (χ4v) is 4.44. The molecule has 5 nitrogen and oxygen atoms in total. The summed E-state index contributed by atoms with van der Waals surface area (Å²) in [6.45, 7) is 1.01. The van der Waals surface area contributed by atoms with Gasteiger partial charge in [-0.2, -0.15) is 0 Å². The third-order valence-electron chi connectivity index (χ3n) is 4.79. The van der Waals surface area contributed by atoms with E-state index in [0.29, 0.717) is 36.6 Å². The van der Waals surface area contributed by atoms with E-state index in [9.17, 15) is 22.4 Å². The Hall–Kier alpha value is -2.88. The van der Waals surface area contributed by atoms with Crippen LogP contribution in [0.1, 0.15) is 12.8 Å². The van der Waals surface area contributed by atoms with Gasteiger partial charge >= 0.3 is 6.36 Å². The van der Waals surface area contributed by atoms with Crippen LogP contribution in [-0.2, 0) is 4.79 Å². The Bertz CT molecular complexity index is 1070. The predicted octanol–water partition coefficient (Wildman–Crippen LogP) is 5.19. The number of para-hydroxylation sites is 3. The number of ether oxygens (including phenoxy) is 1. The zero-order chi connectivity index (χ0) is 21.3. The molecule has 0 saturated carbocycles. The predicted molar refractivity (Wildman–Crippen MR) is 106 cm³/mol. The number of carbonyl (C=O) groups excluding carboxylic acids is 1. The largest absolute Gasteiger partial charge is 0.573 e. The topological polar surface area (TPSA) is 54.5 Å². The summed E-state index contributed by atoms with van der Waals surface area (Å²) >= 11 is 1.34. The maximum absolute atomic E-state index is 13.9. The Labute approximate surface area is 173 Å². The molecule has 1 saturated heterocycles. The SMILES string of the molecule is O=C(Nc1ccccc1OC(F)(F)F)C1CCCN(c2nc3c(F)cccc3s2)C1. The second-order valence-electron chi connectivity index (χ2n) is 6.90. The molecule has 1 atom stereocenters. The van der Waals surface area contributed by atoms with Crippen LogP contribution in [0.4, 0.5) is 28.4 Å². The van der Waals surface area contributed by atoms with Crippen molar-refractivity contribution in [3.05, 3.63) is 48.3 Å². The molecular formula is C20H17F4N3O2S. The number of amides is 1. The summed E-state index contributed by atoms with van der Waals surface area (Å²) in [4.78, 5) is 19.0. The number of rotatable bonds is 4. The first-order valence-corrected chi connectivity index (χ1v) is 10.1. The van der Waals surface area contributed by atoms with Crippen molar-refractivity contribution in [3.8, 4) is 5.75 Å². The summed E-state index contributed by atoms with van der Waals surface area (Å²) < 4.78 is 56.4. The Morgan fingerprint density at radius 1 is 1.20 bits per heavy atom. The number of hydrogen-bond acceptors (Lipinski definition) is 5. The third kappa shape index (κ3) is 4.48. The van der Waals surface area contributed by atoms with Crippen LogP contribution in [-0.4, -0.2) is 30.3 Å². The van der Waals surface area contributed by atoms with E-state index in [2.05, 4.69) is 15.0 Å². The highest BCUT2D eigenvalue weighted by molar-refractivity contribution is 7.22. The Morgan fingerprint density at radius 3 is 2.77 bits per heavy atom. The Kier molecular flexibility index (Phi) is 5.50. The minimum absolute atomic E-state index is 0.0426. The number of aromatic nitrogens is 1. The standard InChI is InChI=1S/C20H17F4N3O2S/c21-13-6-3-9-16-17(13)26-19(30-16)27-10-4-5-12(11-27)18(28)25-14-7-1-2-8-15(14)29-20(22,23)24/h1-3,6-9,12H,4-5,10-11H2,(H,25,28). The molecule has 4 rings (SSSR count). The van der Waals surface area contributed by atoms with E-state index in [-0.39, 0.29) is 5.69 Å². The monoisotopic (exact) mass is 439 g/mol. The van der Waals surface area contributed by atoms with Gasteiger partial charge in [0.05, 0.1) is 16.3 Å². The van der Waals surface area contributed by atoms with Crippen LogP contribution in [0.5, 0.6) is 5.75 Å². The summed E-state index contributed by atoms with van der Waals surface area (Å²) in [5, 5.41) is 3.16. The smallest absolute Gasteiger partial charge is 0.404 e. The number of benzene rings is 2. The van der Waals surface area contributed by atoms with Crippen LogP contribution >= 0.6 is 11.3 Å². The number of piperidine rings is 1. The molecule has 0 radical (unpaired) electrons. The number of thiazole rings is 1. The summed E-state index contributed by atoms with van der Waals surface area (Å²) in [5.74, 6) is -1.71. The van der Waals surface area contributed by atoms with E-state index in [0.717, 1.165) is 10.8 Å². The second kappa shape index (κ2) is 8.10. The van der Waals surface area contributed by atoms with Crippen molar-refractivity contribution in [2.24, 2.45) is 5.92 Å². The first kappa shape index (κ1) is 20.4. The van der Waals surface area contributed by atoms with E-state index < -0.39 is 29.8 Å². The van der Waals surface area contributed by atoms with Crippen LogP contribution in [0.15, 0.2) is 42.5 Å². The number of anilines is 2. The first-order chi connectivity index (χ1) is 14.3. The molecule has 1 aliphatic heterocycles. The Morgan fingerprint density at radius 2 is 2.00 bits per heavy atom. The number of nitrogens with zero attached hydrogens (tertiary/aromatic N) is 2. The van der Waals surface area contributed by atoms with E-state index >= 15 is 0 Å². The zero-order valence-electron chi connectivity index (χ0n) is 15.6. The van der Waals surface area contributed by atoms with Crippen molar-refractivity contribution < 1.29 is 27.1 Å². The minimum Gasteiger partial charge on any atom is -0.404 e. The highest BCUT2D eigenvalue weighted by Gasteiger charge is 2.33. The quantitative estimate of drug-likeness (QED) is 0.569. The maximum atomic E-state index is 13.9. The molecule has 10 heteroatoms. The zero-order valence-corrected chi connectivity index (χ0v) is 16.4. The molecule has 2 aromatic carbocycles.